The first-order valence-corrected chi connectivity index (χ1v) is 9.40. The predicted molar refractivity (Wildman–Crippen MR) is 91.5 cm³/mol. The molecule has 0 aliphatic heterocycles. The highest BCUT2D eigenvalue weighted by Gasteiger charge is 2.17. The minimum absolute atomic E-state index is 0.120. The van der Waals surface area contributed by atoms with Gasteiger partial charge >= 0.3 is 0 Å². The van der Waals surface area contributed by atoms with Crippen molar-refractivity contribution < 1.29 is 0 Å². The summed E-state index contributed by atoms with van der Waals surface area (Å²) >= 11 is 0. The van der Waals surface area contributed by atoms with Crippen LogP contribution in [-0.2, 0) is 0 Å². The summed E-state index contributed by atoms with van der Waals surface area (Å²) in [5.74, 6) is 0. The molecule has 0 fully saturated rings. The van der Waals surface area contributed by atoms with Gasteiger partial charge in [0, 0.05) is 9.52 Å². The summed E-state index contributed by atoms with van der Waals surface area (Å²) in [4.78, 5) is 0. The molecule has 18 heavy (non-hydrogen) atoms. The third kappa shape index (κ3) is 6.25. The fraction of sp³-hybridized carbons (Fsp3) is 0.500. The van der Waals surface area contributed by atoms with Gasteiger partial charge in [-0.2, -0.15) is 0 Å². The van der Waals surface area contributed by atoms with Crippen molar-refractivity contribution in [2.45, 2.75) is 51.8 Å². The van der Waals surface area contributed by atoms with Crippen LogP contribution in [0, 0.1) is 0 Å². The maximum Gasteiger partial charge on any atom is 0.172 e. The third-order valence-electron chi connectivity index (χ3n) is 3.45. The van der Waals surface area contributed by atoms with Crippen LogP contribution in [0.3, 0.4) is 0 Å². The molecule has 0 bridgehead atoms. The molecule has 0 aliphatic carbocycles. The zero-order valence-electron chi connectivity index (χ0n) is 12.4. The Hall–Kier alpha value is -0.758. The Labute approximate surface area is 117 Å². The van der Waals surface area contributed by atoms with Crippen LogP contribution in [0.15, 0.2) is 48.6 Å². The summed E-state index contributed by atoms with van der Waals surface area (Å²) in [6, 6.07) is 0. The first kappa shape index (κ1) is 17.2. The molecule has 0 atom stereocenters. The maximum absolute atomic E-state index is 3.92. The highest BCUT2D eigenvalue weighted by molar-refractivity contribution is 6.81. The van der Waals surface area contributed by atoms with E-state index in [0.29, 0.717) is 6.71 Å². The Bertz CT molecular complexity index is 281. The Balaban J connectivity index is 5.11. The molecule has 0 saturated carbocycles. The molecule has 0 aromatic heterocycles. The number of unbranched alkanes of at least 4 members (excludes halogenated alkanes) is 1. The van der Waals surface area contributed by atoms with Gasteiger partial charge in [-0.1, -0.05) is 56.3 Å². The lowest BCUT2D eigenvalue weighted by Gasteiger charge is -2.19. The van der Waals surface area contributed by atoms with Crippen molar-refractivity contribution in [1.29, 1.82) is 0 Å². The lowest BCUT2D eigenvalue weighted by molar-refractivity contribution is 0.775. The number of allylic oxidation sites excluding steroid dienone is 4. The van der Waals surface area contributed by atoms with Gasteiger partial charge < -0.3 is 0 Å². The van der Waals surface area contributed by atoms with Crippen LogP contribution in [0.1, 0.15) is 32.6 Å². The van der Waals surface area contributed by atoms with Crippen LogP contribution in [0.25, 0.3) is 0 Å². The molecule has 0 amide bonds. The summed E-state index contributed by atoms with van der Waals surface area (Å²) < 4.78 is 0. The van der Waals surface area contributed by atoms with Crippen molar-refractivity contribution in [3.05, 3.63) is 48.6 Å². The van der Waals surface area contributed by atoms with E-state index in [9.17, 15) is 0 Å². The van der Waals surface area contributed by atoms with Gasteiger partial charge in [0.05, 0.1) is 0 Å². The van der Waals surface area contributed by atoms with E-state index >= 15 is 0 Å². The Kier molecular flexibility index (Phi) is 10.9. The highest BCUT2D eigenvalue weighted by Crippen LogP contribution is 2.22. The summed E-state index contributed by atoms with van der Waals surface area (Å²) in [6.45, 7) is 17.1. The summed E-state index contributed by atoms with van der Waals surface area (Å²) in [5, 5.41) is 1.75. The van der Waals surface area contributed by atoms with E-state index in [0.717, 1.165) is 19.1 Å². The van der Waals surface area contributed by atoms with E-state index in [1.165, 1.54) is 19.3 Å². The summed E-state index contributed by atoms with van der Waals surface area (Å²) in [7, 11) is -0.120. The van der Waals surface area contributed by atoms with Crippen LogP contribution in [0.5, 0.6) is 0 Å². The summed E-state index contributed by atoms with van der Waals surface area (Å²) in [5.41, 5.74) is 1.66. The molecule has 2 heteroatoms. The second-order valence-corrected chi connectivity index (χ2v) is 6.29. The van der Waals surface area contributed by atoms with E-state index in [2.05, 4.69) is 51.4 Å². The quantitative estimate of drug-likeness (QED) is 0.375. The maximum atomic E-state index is 3.92. The molecule has 0 aromatic rings. The molecule has 0 aliphatic rings. The molecule has 0 unspecified atom stereocenters. The van der Waals surface area contributed by atoms with Gasteiger partial charge in [-0.3, -0.25) is 0 Å². The van der Waals surface area contributed by atoms with Gasteiger partial charge in [0.2, 0.25) is 0 Å². The van der Waals surface area contributed by atoms with Crippen molar-refractivity contribution in [2.75, 3.05) is 0 Å². The lowest BCUT2D eigenvalue weighted by Crippen LogP contribution is -2.20. The Morgan fingerprint density at radius 2 is 1.72 bits per heavy atom. The van der Waals surface area contributed by atoms with Crippen molar-refractivity contribution in [1.82, 2.24) is 0 Å². The predicted octanol–water partition coefficient (Wildman–Crippen LogP) is 4.63. The van der Waals surface area contributed by atoms with Gasteiger partial charge in [-0.15, -0.1) is 24.8 Å². The fourth-order valence-corrected chi connectivity index (χ4v) is 4.30. The number of hydrogen-bond donors (Lipinski definition) is 0. The van der Waals surface area contributed by atoms with Crippen LogP contribution in [-0.4, -0.2) is 16.2 Å². The lowest BCUT2D eigenvalue weighted by atomic mass is 9.43. The zero-order chi connectivity index (χ0) is 13.8. The molecule has 0 saturated heterocycles. The van der Waals surface area contributed by atoms with Crippen LogP contribution in [0.4, 0.5) is 0 Å². The molecule has 0 heterocycles. The first-order chi connectivity index (χ1) is 8.74. The van der Waals surface area contributed by atoms with Gasteiger partial charge in [-0.25, -0.2) is 0 Å². The third-order valence-corrected chi connectivity index (χ3v) is 5.29. The normalized spacial score (nSPS) is 12.3. The minimum Gasteiger partial charge on any atom is -0.116 e. The average molecular weight is 260 g/mol. The molecular weight excluding hydrogens is 231 g/mol. The molecule has 0 N–H and O–H groups in total. The monoisotopic (exact) mass is 260 g/mol. The van der Waals surface area contributed by atoms with Crippen LogP contribution < -0.4 is 0 Å². The van der Waals surface area contributed by atoms with Gasteiger partial charge in [0.25, 0.3) is 0 Å². The zero-order valence-corrected chi connectivity index (χ0v) is 13.8. The van der Waals surface area contributed by atoms with Crippen molar-refractivity contribution in [2.24, 2.45) is 0 Å². The molecule has 0 radical (unpaired) electrons. The second kappa shape index (κ2) is 11.3. The van der Waals surface area contributed by atoms with E-state index in [1.807, 2.05) is 0 Å². The standard InChI is InChI=1S/C16H29BSi/c1-6-10-12-15(11-7-2)16(18-5)17(13-8-3)14-9-4/h7-9H,2-4,6,10-14,18H2,1,5H3. The van der Waals surface area contributed by atoms with E-state index in [-0.39, 0.29) is 9.52 Å². The molecule has 0 nitrogen and oxygen atoms in total. The van der Waals surface area contributed by atoms with Crippen LogP contribution >= 0.6 is 0 Å². The van der Waals surface area contributed by atoms with Crippen molar-refractivity contribution in [3.8, 4) is 0 Å². The number of hydrogen-bond acceptors (Lipinski definition) is 0. The topological polar surface area (TPSA) is 0 Å². The molecule has 0 aromatic carbocycles. The van der Waals surface area contributed by atoms with E-state index < -0.39 is 0 Å². The molecular formula is C16H29BSi. The molecule has 0 rings (SSSR count). The summed E-state index contributed by atoms with van der Waals surface area (Å²) in [6.07, 6.45) is 13.3. The molecule has 100 valence electrons. The first-order valence-electron chi connectivity index (χ1n) is 7.28. The van der Waals surface area contributed by atoms with E-state index in [4.69, 9.17) is 0 Å². The minimum atomic E-state index is -0.120. The largest absolute Gasteiger partial charge is 0.172 e. The highest BCUT2D eigenvalue weighted by atomic mass is 28.2. The van der Waals surface area contributed by atoms with E-state index in [1.54, 1.807) is 10.7 Å². The fourth-order valence-electron chi connectivity index (χ4n) is 2.57. The smallest absolute Gasteiger partial charge is 0.116 e. The number of rotatable bonds is 11. The average Bonchev–Trinajstić information content (AvgIpc) is 2.37. The Morgan fingerprint density at radius 3 is 2.11 bits per heavy atom. The van der Waals surface area contributed by atoms with Crippen LogP contribution in [0.2, 0.25) is 19.2 Å². The van der Waals surface area contributed by atoms with Gasteiger partial charge in [0.1, 0.15) is 0 Å². The Morgan fingerprint density at radius 1 is 1.11 bits per heavy atom. The van der Waals surface area contributed by atoms with Crippen molar-refractivity contribution >= 4 is 16.2 Å². The SMILES string of the molecule is C=CCB(CC=C)C([SiH2]C)=C(CC=C)CCCC. The van der Waals surface area contributed by atoms with Gasteiger partial charge in [0.15, 0.2) is 6.71 Å². The second-order valence-electron chi connectivity index (χ2n) is 4.82. The van der Waals surface area contributed by atoms with Gasteiger partial charge in [-0.05, 0) is 19.3 Å². The van der Waals surface area contributed by atoms with Crippen molar-refractivity contribution in [3.63, 3.8) is 0 Å². The molecule has 0 spiro atoms.